The quantitative estimate of drug-likeness (QED) is 0.785. The minimum absolute atomic E-state index is 0.0374. The molecule has 0 bridgehead atoms. The van der Waals surface area contributed by atoms with Crippen molar-refractivity contribution < 1.29 is 9.53 Å². The first-order chi connectivity index (χ1) is 8.11. The molecule has 0 saturated carbocycles. The third-order valence-electron chi connectivity index (χ3n) is 2.04. The van der Waals surface area contributed by atoms with Crippen molar-refractivity contribution in [1.29, 1.82) is 0 Å². The fraction of sp³-hybridized carbons (Fsp3) is 0.500. The van der Waals surface area contributed by atoms with Gasteiger partial charge in [-0.3, -0.25) is 4.79 Å². The molecule has 1 aromatic rings. The summed E-state index contributed by atoms with van der Waals surface area (Å²) in [6.07, 6.45) is 0.428. The maximum atomic E-state index is 11.4. The van der Waals surface area contributed by atoms with Crippen LogP contribution in [-0.2, 0) is 4.79 Å². The third-order valence-corrected chi connectivity index (χ3v) is 2.04. The molecule has 0 atom stereocenters. The van der Waals surface area contributed by atoms with Crippen LogP contribution in [0.4, 0.5) is 5.82 Å². The Balaban J connectivity index is 2.32. The van der Waals surface area contributed by atoms with E-state index >= 15 is 0 Å². The first-order valence-electron chi connectivity index (χ1n) is 5.66. The predicted molar refractivity (Wildman–Crippen MR) is 67.2 cm³/mol. The lowest BCUT2D eigenvalue weighted by Gasteiger charge is -2.09. The normalized spacial score (nSPS) is 10.1. The molecule has 1 aromatic heterocycles. The summed E-state index contributed by atoms with van der Waals surface area (Å²) in [7, 11) is 1.57. The fourth-order valence-electron chi connectivity index (χ4n) is 1.33. The summed E-state index contributed by atoms with van der Waals surface area (Å²) >= 11 is 0. The van der Waals surface area contributed by atoms with Crippen LogP contribution in [-0.4, -0.2) is 30.6 Å². The van der Waals surface area contributed by atoms with Gasteiger partial charge in [-0.1, -0.05) is 6.07 Å². The van der Waals surface area contributed by atoms with E-state index in [-0.39, 0.29) is 11.9 Å². The molecule has 0 aliphatic heterocycles. The number of carbonyl (C=O) groups excluding carboxylic acids is 1. The highest BCUT2D eigenvalue weighted by molar-refractivity contribution is 5.76. The Kier molecular flexibility index (Phi) is 5.26. The van der Waals surface area contributed by atoms with E-state index in [2.05, 4.69) is 15.6 Å². The molecule has 1 amide bonds. The van der Waals surface area contributed by atoms with Gasteiger partial charge in [0, 0.05) is 25.1 Å². The highest BCUT2D eigenvalue weighted by Gasteiger charge is 2.03. The molecule has 5 heteroatoms. The number of anilines is 1. The second kappa shape index (κ2) is 6.73. The van der Waals surface area contributed by atoms with Gasteiger partial charge in [-0.25, -0.2) is 0 Å². The fourth-order valence-corrected chi connectivity index (χ4v) is 1.33. The largest absolute Gasteiger partial charge is 0.481 e. The van der Waals surface area contributed by atoms with Crippen LogP contribution in [0.15, 0.2) is 18.2 Å². The Hall–Kier alpha value is -1.78. The Morgan fingerprint density at radius 1 is 1.47 bits per heavy atom. The number of methoxy groups -OCH3 is 1. The molecule has 0 aliphatic carbocycles. The molecule has 2 N–H and O–H groups in total. The minimum Gasteiger partial charge on any atom is -0.481 e. The van der Waals surface area contributed by atoms with E-state index in [0.717, 1.165) is 0 Å². The maximum Gasteiger partial charge on any atom is 0.221 e. The molecular formula is C12H19N3O2. The predicted octanol–water partition coefficient (Wildman–Crippen LogP) is 1.42. The molecule has 0 spiro atoms. The van der Waals surface area contributed by atoms with E-state index in [1.54, 1.807) is 13.2 Å². The number of carbonyl (C=O) groups is 1. The summed E-state index contributed by atoms with van der Waals surface area (Å²) in [5.41, 5.74) is 0. The van der Waals surface area contributed by atoms with Crippen molar-refractivity contribution in [1.82, 2.24) is 10.3 Å². The zero-order valence-corrected chi connectivity index (χ0v) is 10.5. The summed E-state index contributed by atoms with van der Waals surface area (Å²) in [5, 5.41) is 5.90. The van der Waals surface area contributed by atoms with E-state index in [0.29, 0.717) is 24.7 Å². The summed E-state index contributed by atoms with van der Waals surface area (Å²) in [4.78, 5) is 15.6. The number of amides is 1. The van der Waals surface area contributed by atoms with Gasteiger partial charge in [0.1, 0.15) is 5.82 Å². The van der Waals surface area contributed by atoms with Crippen LogP contribution in [0.2, 0.25) is 0 Å². The lowest BCUT2D eigenvalue weighted by atomic mass is 10.3. The Labute approximate surface area is 102 Å². The summed E-state index contributed by atoms with van der Waals surface area (Å²) in [6, 6.07) is 5.64. The summed E-state index contributed by atoms with van der Waals surface area (Å²) < 4.78 is 5.00. The molecule has 17 heavy (non-hydrogen) atoms. The van der Waals surface area contributed by atoms with Crippen LogP contribution in [0.1, 0.15) is 20.3 Å². The van der Waals surface area contributed by atoms with E-state index < -0.39 is 0 Å². The van der Waals surface area contributed by atoms with Gasteiger partial charge in [-0.2, -0.15) is 4.98 Å². The number of ether oxygens (including phenoxy) is 1. The molecule has 0 fully saturated rings. The topological polar surface area (TPSA) is 63.2 Å². The van der Waals surface area contributed by atoms with Gasteiger partial charge < -0.3 is 15.4 Å². The molecule has 0 aliphatic rings. The molecule has 94 valence electrons. The molecule has 5 nitrogen and oxygen atoms in total. The van der Waals surface area contributed by atoms with Crippen molar-refractivity contribution in [2.75, 3.05) is 19.0 Å². The number of nitrogens with one attached hydrogen (secondary N) is 2. The van der Waals surface area contributed by atoms with Crippen LogP contribution >= 0.6 is 0 Å². The SMILES string of the molecule is COc1cccc(NCCC(=O)NC(C)C)n1. The van der Waals surface area contributed by atoms with Gasteiger partial charge in [0.2, 0.25) is 11.8 Å². The maximum absolute atomic E-state index is 11.4. The van der Waals surface area contributed by atoms with Crippen molar-refractivity contribution in [3.05, 3.63) is 18.2 Å². The van der Waals surface area contributed by atoms with E-state index in [4.69, 9.17) is 4.74 Å². The van der Waals surface area contributed by atoms with Crippen molar-refractivity contribution >= 4 is 11.7 Å². The average molecular weight is 237 g/mol. The molecule has 0 aromatic carbocycles. The third kappa shape index (κ3) is 5.19. The molecule has 0 radical (unpaired) electrons. The molecule has 1 heterocycles. The van der Waals surface area contributed by atoms with E-state index in [1.165, 1.54) is 0 Å². The van der Waals surface area contributed by atoms with E-state index in [9.17, 15) is 4.79 Å². The smallest absolute Gasteiger partial charge is 0.221 e. The van der Waals surface area contributed by atoms with E-state index in [1.807, 2.05) is 26.0 Å². The van der Waals surface area contributed by atoms with Gasteiger partial charge in [0.25, 0.3) is 0 Å². The van der Waals surface area contributed by atoms with Gasteiger partial charge >= 0.3 is 0 Å². The number of hydrogen-bond donors (Lipinski definition) is 2. The monoisotopic (exact) mass is 237 g/mol. The molecular weight excluding hydrogens is 218 g/mol. The molecule has 1 rings (SSSR count). The van der Waals surface area contributed by atoms with Crippen LogP contribution in [0.5, 0.6) is 5.88 Å². The minimum atomic E-state index is 0.0374. The number of pyridine rings is 1. The first kappa shape index (κ1) is 13.3. The number of hydrogen-bond acceptors (Lipinski definition) is 4. The van der Waals surface area contributed by atoms with Crippen molar-refractivity contribution in [2.45, 2.75) is 26.3 Å². The zero-order valence-electron chi connectivity index (χ0n) is 10.5. The first-order valence-corrected chi connectivity index (χ1v) is 5.66. The van der Waals surface area contributed by atoms with Crippen LogP contribution in [0.3, 0.4) is 0 Å². The second-order valence-corrected chi connectivity index (χ2v) is 3.96. The Bertz CT molecular complexity index is 367. The van der Waals surface area contributed by atoms with Crippen LogP contribution < -0.4 is 15.4 Å². The highest BCUT2D eigenvalue weighted by Crippen LogP contribution is 2.10. The van der Waals surface area contributed by atoms with Crippen molar-refractivity contribution in [3.8, 4) is 5.88 Å². The Morgan fingerprint density at radius 3 is 2.88 bits per heavy atom. The summed E-state index contributed by atoms with van der Waals surface area (Å²) in [5.74, 6) is 1.30. The zero-order chi connectivity index (χ0) is 12.7. The number of rotatable bonds is 6. The van der Waals surface area contributed by atoms with Gasteiger partial charge in [-0.15, -0.1) is 0 Å². The molecule has 0 saturated heterocycles. The number of nitrogens with zero attached hydrogens (tertiary/aromatic N) is 1. The van der Waals surface area contributed by atoms with Crippen molar-refractivity contribution in [2.24, 2.45) is 0 Å². The standard InChI is InChI=1S/C12H19N3O2/c1-9(2)14-11(16)7-8-13-10-5-4-6-12(15-10)17-3/h4-6,9H,7-8H2,1-3H3,(H,13,15)(H,14,16). The van der Waals surface area contributed by atoms with Gasteiger partial charge in [0.05, 0.1) is 7.11 Å². The Morgan fingerprint density at radius 2 is 2.24 bits per heavy atom. The number of aromatic nitrogens is 1. The van der Waals surface area contributed by atoms with Crippen LogP contribution in [0, 0.1) is 0 Å². The average Bonchev–Trinajstić information content (AvgIpc) is 2.28. The van der Waals surface area contributed by atoms with Gasteiger partial charge in [-0.05, 0) is 19.9 Å². The lowest BCUT2D eigenvalue weighted by molar-refractivity contribution is -0.121. The second-order valence-electron chi connectivity index (χ2n) is 3.96. The summed E-state index contributed by atoms with van der Waals surface area (Å²) in [6.45, 7) is 4.43. The lowest BCUT2D eigenvalue weighted by Crippen LogP contribution is -2.31. The van der Waals surface area contributed by atoms with Crippen molar-refractivity contribution in [3.63, 3.8) is 0 Å². The highest BCUT2D eigenvalue weighted by atomic mass is 16.5. The van der Waals surface area contributed by atoms with Crippen LogP contribution in [0.25, 0.3) is 0 Å². The molecule has 0 unspecified atom stereocenters. The van der Waals surface area contributed by atoms with Gasteiger partial charge in [0.15, 0.2) is 0 Å².